The van der Waals surface area contributed by atoms with E-state index in [2.05, 4.69) is 19.2 Å². The predicted octanol–water partition coefficient (Wildman–Crippen LogP) is 0.770. The van der Waals surface area contributed by atoms with Gasteiger partial charge in [-0.15, -0.1) is 0 Å². The lowest BCUT2D eigenvalue weighted by Gasteiger charge is -2.50. The summed E-state index contributed by atoms with van der Waals surface area (Å²) < 4.78 is 5.14. The van der Waals surface area contributed by atoms with Crippen molar-refractivity contribution in [1.82, 2.24) is 5.32 Å². The van der Waals surface area contributed by atoms with Crippen LogP contribution < -0.4 is 5.32 Å². The zero-order valence-corrected chi connectivity index (χ0v) is 9.00. The van der Waals surface area contributed by atoms with Crippen LogP contribution in [0.4, 0.5) is 0 Å². The first-order valence-electron chi connectivity index (χ1n) is 4.92. The van der Waals surface area contributed by atoms with E-state index in [1.165, 1.54) is 0 Å². The molecule has 0 radical (unpaired) electrons. The van der Waals surface area contributed by atoms with Gasteiger partial charge in [-0.1, -0.05) is 13.8 Å². The highest BCUT2D eigenvalue weighted by molar-refractivity contribution is 5.01. The number of aliphatic hydroxyl groups excluding tert-OH is 1. The SMILES string of the molecule is COC(C)CNC1CC(O)C1(C)C. The van der Waals surface area contributed by atoms with Crippen molar-refractivity contribution < 1.29 is 9.84 Å². The smallest absolute Gasteiger partial charge is 0.0667 e. The maximum absolute atomic E-state index is 9.50. The molecule has 1 fully saturated rings. The van der Waals surface area contributed by atoms with Crippen LogP contribution in [0.5, 0.6) is 0 Å². The molecule has 78 valence electrons. The number of rotatable bonds is 4. The first kappa shape index (κ1) is 11.0. The van der Waals surface area contributed by atoms with E-state index < -0.39 is 0 Å². The molecular weight excluding hydrogens is 166 g/mol. The second kappa shape index (κ2) is 3.95. The van der Waals surface area contributed by atoms with Crippen LogP contribution in [0.15, 0.2) is 0 Å². The number of nitrogens with one attached hydrogen (secondary N) is 1. The summed E-state index contributed by atoms with van der Waals surface area (Å²) in [4.78, 5) is 0. The van der Waals surface area contributed by atoms with Crippen LogP contribution in [0, 0.1) is 5.41 Å². The second-order valence-corrected chi connectivity index (χ2v) is 4.58. The van der Waals surface area contributed by atoms with Crippen LogP contribution in [0.2, 0.25) is 0 Å². The highest BCUT2D eigenvalue weighted by Crippen LogP contribution is 2.40. The van der Waals surface area contributed by atoms with Crippen LogP contribution in [0.25, 0.3) is 0 Å². The Balaban J connectivity index is 2.25. The predicted molar refractivity (Wildman–Crippen MR) is 52.7 cm³/mol. The molecule has 1 aliphatic rings. The van der Waals surface area contributed by atoms with E-state index in [0.717, 1.165) is 13.0 Å². The van der Waals surface area contributed by atoms with E-state index >= 15 is 0 Å². The summed E-state index contributed by atoms with van der Waals surface area (Å²) in [6.45, 7) is 7.08. The number of hydrogen-bond acceptors (Lipinski definition) is 3. The molecule has 3 atom stereocenters. The Morgan fingerprint density at radius 1 is 1.62 bits per heavy atom. The topological polar surface area (TPSA) is 41.5 Å². The summed E-state index contributed by atoms with van der Waals surface area (Å²) in [5.74, 6) is 0. The van der Waals surface area contributed by atoms with Gasteiger partial charge in [0.05, 0.1) is 12.2 Å². The molecule has 2 N–H and O–H groups in total. The lowest BCUT2D eigenvalue weighted by atomic mass is 9.64. The molecular formula is C10H21NO2. The van der Waals surface area contributed by atoms with E-state index in [1.54, 1.807) is 7.11 Å². The largest absolute Gasteiger partial charge is 0.392 e. The summed E-state index contributed by atoms with van der Waals surface area (Å²) >= 11 is 0. The zero-order valence-electron chi connectivity index (χ0n) is 9.00. The number of aliphatic hydroxyl groups is 1. The molecule has 0 aromatic carbocycles. The van der Waals surface area contributed by atoms with Gasteiger partial charge in [0, 0.05) is 25.1 Å². The Hall–Kier alpha value is -0.120. The quantitative estimate of drug-likeness (QED) is 0.683. The van der Waals surface area contributed by atoms with Gasteiger partial charge < -0.3 is 15.2 Å². The van der Waals surface area contributed by atoms with Gasteiger partial charge in [0.15, 0.2) is 0 Å². The van der Waals surface area contributed by atoms with Crippen molar-refractivity contribution in [3.05, 3.63) is 0 Å². The van der Waals surface area contributed by atoms with Crippen LogP contribution in [0.3, 0.4) is 0 Å². The fraction of sp³-hybridized carbons (Fsp3) is 1.00. The Bertz CT molecular complexity index is 170. The molecule has 0 amide bonds. The van der Waals surface area contributed by atoms with Gasteiger partial charge in [-0.05, 0) is 13.3 Å². The van der Waals surface area contributed by atoms with Gasteiger partial charge in [0.2, 0.25) is 0 Å². The first-order valence-corrected chi connectivity index (χ1v) is 4.92. The number of ether oxygens (including phenoxy) is 1. The fourth-order valence-electron chi connectivity index (χ4n) is 1.64. The number of methoxy groups -OCH3 is 1. The van der Waals surface area contributed by atoms with Crippen molar-refractivity contribution in [2.24, 2.45) is 5.41 Å². The molecule has 0 aromatic heterocycles. The van der Waals surface area contributed by atoms with Crippen molar-refractivity contribution in [2.75, 3.05) is 13.7 Å². The molecule has 0 heterocycles. The minimum absolute atomic E-state index is 0.0213. The summed E-state index contributed by atoms with van der Waals surface area (Å²) in [6, 6.07) is 0.431. The van der Waals surface area contributed by atoms with Crippen LogP contribution in [-0.2, 0) is 4.74 Å². The minimum atomic E-state index is -0.150. The van der Waals surface area contributed by atoms with E-state index in [4.69, 9.17) is 4.74 Å². The molecule has 0 saturated heterocycles. The summed E-state index contributed by atoms with van der Waals surface area (Å²) in [5.41, 5.74) is 0.0213. The maximum atomic E-state index is 9.50. The second-order valence-electron chi connectivity index (χ2n) is 4.58. The third-order valence-electron chi connectivity index (χ3n) is 3.27. The summed E-state index contributed by atoms with van der Waals surface area (Å²) in [5, 5.41) is 12.9. The lowest BCUT2D eigenvalue weighted by Crippen LogP contribution is -2.60. The van der Waals surface area contributed by atoms with Crippen molar-refractivity contribution in [3.8, 4) is 0 Å². The van der Waals surface area contributed by atoms with Gasteiger partial charge >= 0.3 is 0 Å². The first-order chi connectivity index (χ1) is 5.98. The standard InChI is InChI=1S/C10H21NO2/c1-7(13-4)6-11-8-5-9(12)10(8,2)3/h7-9,11-12H,5-6H2,1-4H3. The minimum Gasteiger partial charge on any atom is -0.392 e. The van der Waals surface area contributed by atoms with E-state index in [0.29, 0.717) is 6.04 Å². The molecule has 0 aromatic rings. The molecule has 0 spiro atoms. The van der Waals surface area contributed by atoms with Crippen molar-refractivity contribution in [1.29, 1.82) is 0 Å². The van der Waals surface area contributed by atoms with Gasteiger partial charge in [0.25, 0.3) is 0 Å². The van der Waals surface area contributed by atoms with Gasteiger partial charge in [0.1, 0.15) is 0 Å². The Morgan fingerprint density at radius 2 is 2.23 bits per heavy atom. The molecule has 3 heteroatoms. The third-order valence-corrected chi connectivity index (χ3v) is 3.27. The molecule has 0 bridgehead atoms. The average Bonchev–Trinajstić information content (AvgIpc) is 2.11. The molecule has 3 nitrogen and oxygen atoms in total. The Kier molecular flexibility index (Phi) is 3.33. The fourth-order valence-corrected chi connectivity index (χ4v) is 1.64. The highest BCUT2D eigenvalue weighted by atomic mass is 16.5. The average molecular weight is 187 g/mol. The van der Waals surface area contributed by atoms with E-state index in [9.17, 15) is 5.11 Å². The molecule has 1 aliphatic carbocycles. The Morgan fingerprint density at radius 3 is 2.62 bits per heavy atom. The zero-order chi connectivity index (χ0) is 10.1. The number of hydrogen-bond donors (Lipinski definition) is 2. The molecule has 1 rings (SSSR count). The maximum Gasteiger partial charge on any atom is 0.0667 e. The molecule has 13 heavy (non-hydrogen) atoms. The molecule has 1 saturated carbocycles. The summed E-state index contributed by atoms with van der Waals surface area (Å²) in [7, 11) is 1.72. The Labute approximate surface area is 80.5 Å². The van der Waals surface area contributed by atoms with Crippen molar-refractivity contribution in [2.45, 2.75) is 45.4 Å². The molecule has 3 unspecified atom stereocenters. The van der Waals surface area contributed by atoms with E-state index in [1.807, 2.05) is 6.92 Å². The summed E-state index contributed by atoms with van der Waals surface area (Å²) in [6.07, 6.45) is 0.958. The van der Waals surface area contributed by atoms with Gasteiger partial charge in [-0.2, -0.15) is 0 Å². The van der Waals surface area contributed by atoms with Gasteiger partial charge in [-0.3, -0.25) is 0 Å². The van der Waals surface area contributed by atoms with Gasteiger partial charge in [-0.25, -0.2) is 0 Å². The van der Waals surface area contributed by atoms with Crippen LogP contribution in [0.1, 0.15) is 27.2 Å². The monoisotopic (exact) mass is 187 g/mol. The highest BCUT2D eigenvalue weighted by Gasteiger charge is 2.46. The molecule has 0 aliphatic heterocycles. The normalized spacial score (nSPS) is 33.9. The van der Waals surface area contributed by atoms with Crippen molar-refractivity contribution >= 4 is 0 Å². The lowest BCUT2D eigenvalue weighted by molar-refractivity contribution is -0.0752. The third kappa shape index (κ3) is 2.22. The van der Waals surface area contributed by atoms with Crippen LogP contribution in [-0.4, -0.2) is 37.0 Å². The van der Waals surface area contributed by atoms with Crippen molar-refractivity contribution in [3.63, 3.8) is 0 Å². The van der Waals surface area contributed by atoms with Crippen LogP contribution >= 0.6 is 0 Å². The van der Waals surface area contributed by atoms with E-state index in [-0.39, 0.29) is 17.6 Å².